The Labute approximate surface area is 264 Å². The summed E-state index contributed by atoms with van der Waals surface area (Å²) in [5.74, 6) is -0.161. The second-order valence-corrected chi connectivity index (χ2v) is 13.0. The third-order valence-electron chi connectivity index (χ3n) is 7.35. The van der Waals surface area contributed by atoms with Crippen molar-refractivity contribution in [2.24, 2.45) is 0 Å². The van der Waals surface area contributed by atoms with E-state index in [1.54, 1.807) is 57.2 Å². The molecule has 7 nitrogen and oxygen atoms in total. The number of ether oxygens (including phenoxy) is 2. The molecule has 0 aromatic heterocycles. The Kier molecular flexibility index (Phi) is 11.6. The number of aryl methyl sites for hydroxylation is 1. The van der Waals surface area contributed by atoms with E-state index in [9.17, 15) is 18.3 Å². The third-order valence-corrected chi connectivity index (χ3v) is 9.50. The summed E-state index contributed by atoms with van der Waals surface area (Å²) >= 11 is 6.15. The number of esters is 1. The second-order valence-electron chi connectivity index (χ2n) is 10.6. The van der Waals surface area contributed by atoms with E-state index in [-0.39, 0.29) is 23.0 Å². The lowest BCUT2D eigenvalue weighted by molar-refractivity contribution is -0.145. The molecule has 0 spiro atoms. The Balaban J connectivity index is 1.48. The fourth-order valence-electron chi connectivity index (χ4n) is 5.05. The van der Waals surface area contributed by atoms with Crippen LogP contribution in [0.3, 0.4) is 0 Å². The molecule has 0 saturated carbocycles. The van der Waals surface area contributed by atoms with Gasteiger partial charge in [-0.2, -0.15) is 0 Å². The number of hydrogen-bond donors (Lipinski definition) is 1. The predicted octanol–water partition coefficient (Wildman–Crippen LogP) is 6.51. The number of aliphatic hydroxyl groups is 1. The van der Waals surface area contributed by atoms with Crippen LogP contribution in [0.2, 0.25) is 5.02 Å². The molecule has 0 saturated heterocycles. The van der Waals surface area contributed by atoms with Gasteiger partial charge in [0.15, 0.2) is 6.61 Å². The molecule has 0 fully saturated rings. The fraction of sp³-hybridized carbons (Fsp3) is 0.286. The summed E-state index contributed by atoms with van der Waals surface area (Å²) in [4.78, 5) is 14.3. The first-order valence-electron chi connectivity index (χ1n) is 14.5. The van der Waals surface area contributed by atoms with Crippen LogP contribution in [0.25, 0.3) is 0 Å². The lowest BCUT2D eigenvalue weighted by atomic mass is 10.1. The molecular formula is C35H38ClNO6S. The number of sulfone groups is 1. The van der Waals surface area contributed by atoms with Gasteiger partial charge in [-0.05, 0) is 79.8 Å². The van der Waals surface area contributed by atoms with Crippen molar-refractivity contribution < 1.29 is 27.8 Å². The smallest absolute Gasteiger partial charge is 0.344 e. The van der Waals surface area contributed by atoms with E-state index in [1.807, 2.05) is 42.5 Å². The Hall–Kier alpha value is -3.69. The summed E-state index contributed by atoms with van der Waals surface area (Å²) in [6.07, 6.45) is -0.0565. The molecule has 4 rings (SSSR count). The molecule has 4 aromatic carbocycles. The number of carbonyl (C=O) groups is 1. The Morgan fingerprint density at radius 2 is 1.66 bits per heavy atom. The van der Waals surface area contributed by atoms with Crippen LogP contribution in [0.1, 0.15) is 40.8 Å². The average molecular weight is 636 g/mol. The maximum absolute atomic E-state index is 13.6. The standard InChI is InChI=1S/C35H38ClNO6S/c1-4-42-34(39)24-43-35-25(2)13-18-33(26(35)3)44(40,41)31-16-14-27(15-17-31)19-20-37(22-28-9-6-5-7-10-28)23-32(38)29-11-8-12-30(36)21-29/h5-18,21,32,38H,4,19-20,22-24H2,1-3H3/t32-/m0/s1. The molecule has 0 radical (unpaired) electrons. The van der Waals surface area contributed by atoms with Gasteiger partial charge in [0.2, 0.25) is 9.84 Å². The van der Waals surface area contributed by atoms with Gasteiger partial charge in [0, 0.05) is 30.2 Å². The molecule has 0 amide bonds. The van der Waals surface area contributed by atoms with Crippen molar-refractivity contribution in [3.8, 4) is 5.75 Å². The van der Waals surface area contributed by atoms with Crippen molar-refractivity contribution in [2.45, 2.75) is 49.6 Å². The van der Waals surface area contributed by atoms with Gasteiger partial charge in [-0.3, -0.25) is 4.90 Å². The first-order chi connectivity index (χ1) is 21.1. The highest BCUT2D eigenvalue weighted by atomic mass is 35.5. The summed E-state index contributed by atoms with van der Waals surface area (Å²) in [6, 6.07) is 27.4. The molecule has 0 unspecified atom stereocenters. The van der Waals surface area contributed by atoms with E-state index >= 15 is 0 Å². The van der Waals surface area contributed by atoms with Crippen molar-refractivity contribution in [1.82, 2.24) is 4.90 Å². The largest absolute Gasteiger partial charge is 0.481 e. The van der Waals surface area contributed by atoms with Crippen LogP contribution in [-0.4, -0.2) is 50.7 Å². The molecule has 232 valence electrons. The highest BCUT2D eigenvalue weighted by molar-refractivity contribution is 7.91. The lowest BCUT2D eigenvalue weighted by Gasteiger charge is -2.25. The summed E-state index contributed by atoms with van der Waals surface area (Å²) in [5.41, 5.74) is 4.02. The molecule has 0 bridgehead atoms. The van der Waals surface area contributed by atoms with Crippen molar-refractivity contribution in [2.75, 3.05) is 26.3 Å². The van der Waals surface area contributed by atoms with Gasteiger partial charge < -0.3 is 14.6 Å². The number of hydrogen-bond acceptors (Lipinski definition) is 7. The van der Waals surface area contributed by atoms with Crippen LogP contribution in [0, 0.1) is 13.8 Å². The molecule has 44 heavy (non-hydrogen) atoms. The summed E-state index contributed by atoms with van der Waals surface area (Å²) < 4.78 is 37.8. The zero-order chi connectivity index (χ0) is 31.7. The van der Waals surface area contributed by atoms with Crippen LogP contribution in [0.4, 0.5) is 0 Å². The van der Waals surface area contributed by atoms with Gasteiger partial charge in [-0.15, -0.1) is 0 Å². The molecule has 0 aliphatic carbocycles. The first-order valence-corrected chi connectivity index (χ1v) is 16.4. The Morgan fingerprint density at radius 3 is 2.34 bits per heavy atom. The van der Waals surface area contributed by atoms with E-state index in [4.69, 9.17) is 21.1 Å². The highest BCUT2D eigenvalue weighted by Gasteiger charge is 2.23. The van der Waals surface area contributed by atoms with Gasteiger partial charge in [-0.1, -0.05) is 72.3 Å². The second kappa shape index (κ2) is 15.3. The van der Waals surface area contributed by atoms with Gasteiger partial charge in [-0.25, -0.2) is 13.2 Å². The van der Waals surface area contributed by atoms with Gasteiger partial charge in [0.05, 0.1) is 22.5 Å². The number of aliphatic hydroxyl groups excluding tert-OH is 1. The van der Waals surface area contributed by atoms with E-state index in [1.165, 1.54) is 0 Å². The number of rotatable bonds is 14. The summed E-state index contributed by atoms with van der Waals surface area (Å²) in [7, 11) is -3.85. The Morgan fingerprint density at radius 1 is 0.932 bits per heavy atom. The normalized spacial score (nSPS) is 12.2. The van der Waals surface area contributed by atoms with Crippen molar-refractivity contribution in [3.05, 3.63) is 124 Å². The van der Waals surface area contributed by atoms with Crippen LogP contribution in [0.15, 0.2) is 101 Å². The van der Waals surface area contributed by atoms with Gasteiger partial charge >= 0.3 is 5.97 Å². The molecule has 0 aliphatic heterocycles. The molecule has 1 atom stereocenters. The minimum atomic E-state index is -3.85. The molecule has 1 N–H and O–H groups in total. The summed E-state index contributed by atoms with van der Waals surface area (Å²) in [6.45, 7) is 6.83. The minimum Gasteiger partial charge on any atom is -0.481 e. The van der Waals surface area contributed by atoms with Crippen LogP contribution < -0.4 is 4.74 Å². The van der Waals surface area contributed by atoms with Crippen molar-refractivity contribution in [3.63, 3.8) is 0 Å². The van der Waals surface area contributed by atoms with Crippen molar-refractivity contribution >= 4 is 27.4 Å². The van der Waals surface area contributed by atoms with E-state index in [0.717, 1.165) is 22.3 Å². The number of benzene rings is 4. The maximum atomic E-state index is 13.6. The van der Waals surface area contributed by atoms with E-state index in [2.05, 4.69) is 17.0 Å². The van der Waals surface area contributed by atoms with Crippen LogP contribution in [-0.2, 0) is 32.3 Å². The third kappa shape index (κ3) is 8.70. The van der Waals surface area contributed by atoms with E-state index < -0.39 is 21.9 Å². The fourth-order valence-corrected chi connectivity index (χ4v) is 6.74. The molecule has 4 aromatic rings. The van der Waals surface area contributed by atoms with E-state index in [0.29, 0.717) is 42.4 Å². The van der Waals surface area contributed by atoms with Gasteiger partial charge in [0.25, 0.3) is 0 Å². The zero-order valence-electron chi connectivity index (χ0n) is 25.2. The average Bonchev–Trinajstić information content (AvgIpc) is 3.00. The predicted molar refractivity (Wildman–Crippen MR) is 172 cm³/mol. The number of carbonyl (C=O) groups excluding carboxylic acids is 1. The molecule has 0 heterocycles. The highest BCUT2D eigenvalue weighted by Crippen LogP contribution is 2.32. The minimum absolute atomic E-state index is 0.124. The quantitative estimate of drug-likeness (QED) is 0.158. The SMILES string of the molecule is CCOC(=O)COc1c(C)ccc(S(=O)(=O)c2ccc(CCN(Cc3ccccc3)C[C@H](O)c3cccc(Cl)c3)cc2)c1C. The Bertz CT molecular complexity index is 1660. The number of nitrogens with zero attached hydrogens (tertiary/aromatic N) is 1. The molecule has 0 aliphatic rings. The lowest BCUT2D eigenvalue weighted by Crippen LogP contribution is -2.30. The van der Waals surface area contributed by atoms with Crippen molar-refractivity contribution in [1.29, 1.82) is 0 Å². The molecule has 9 heteroatoms. The monoisotopic (exact) mass is 635 g/mol. The molecular weight excluding hydrogens is 598 g/mol. The topological polar surface area (TPSA) is 93.1 Å². The summed E-state index contributed by atoms with van der Waals surface area (Å²) in [5, 5.41) is 11.5. The van der Waals surface area contributed by atoms with Gasteiger partial charge in [0.1, 0.15) is 5.75 Å². The van der Waals surface area contributed by atoms with Crippen LogP contribution in [0.5, 0.6) is 5.75 Å². The first kappa shape index (κ1) is 33.2. The zero-order valence-corrected chi connectivity index (χ0v) is 26.8. The maximum Gasteiger partial charge on any atom is 0.344 e. The number of halogens is 1. The van der Waals surface area contributed by atoms with Crippen LogP contribution >= 0.6 is 11.6 Å².